The molecule has 1 aromatic carbocycles. The zero-order valence-electron chi connectivity index (χ0n) is 16.1. The van der Waals surface area contributed by atoms with E-state index in [1.807, 2.05) is 31.2 Å². The Morgan fingerprint density at radius 2 is 1.96 bits per heavy atom. The van der Waals surface area contributed by atoms with E-state index >= 15 is 0 Å². The van der Waals surface area contributed by atoms with E-state index in [9.17, 15) is 9.59 Å². The average Bonchev–Trinajstić information content (AvgIpc) is 2.66. The van der Waals surface area contributed by atoms with E-state index in [2.05, 4.69) is 10.3 Å². The molecule has 1 aromatic rings. The van der Waals surface area contributed by atoms with Gasteiger partial charge in [0.25, 0.3) is 0 Å². The van der Waals surface area contributed by atoms with Crippen molar-refractivity contribution in [2.75, 3.05) is 6.61 Å². The van der Waals surface area contributed by atoms with Gasteiger partial charge in [-0.25, -0.2) is 9.79 Å². The third-order valence-corrected chi connectivity index (χ3v) is 5.15. The van der Waals surface area contributed by atoms with Gasteiger partial charge in [-0.3, -0.25) is 4.79 Å². The van der Waals surface area contributed by atoms with Gasteiger partial charge in [0.1, 0.15) is 17.8 Å². The summed E-state index contributed by atoms with van der Waals surface area (Å²) in [6, 6.07) is 6.53. The lowest BCUT2D eigenvalue weighted by Crippen LogP contribution is -2.45. The summed E-state index contributed by atoms with van der Waals surface area (Å²) < 4.78 is 11.6. The van der Waals surface area contributed by atoms with Crippen LogP contribution in [0, 0.1) is 5.92 Å². The molecule has 0 radical (unpaired) electrons. The number of benzene rings is 1. The fraction of sp³-hybridized carbons (Fsp3) is 0.571. The average molecular weight is 372 g/mol. The molecule has 0 saturated heterocycles. The van der Waals surface area contributed by atoms with Crippen LogP contribution in [0.5, 0.6) is 5.75 Å². The molecular weight excluding hydrogens is 344 g/mol. The van der Waals surface area contributed by atoms with Gasteiger partial charge in [0.05, 0.1) is 12.6 Å². The number of hydrogen-bond acceptors (Lipinski definition) is 4. The minimum atomic E-state index is -0.643. The normalized spacial score (nSPS) is 23.3. The number of hydrogen-bond donors (Lipinski definition) is 1. The fourth-order valence-corrected chi connectivity index (χ4v) is 3.78. The lowest BCUT2D eigenvalue weighted by Gasteiger charge is -2.32. The number of amides is 2. The highest BCUT2D eigenvalue weighted by molar-refractivity contribution is 6.08. The number of carbonyl (C=O) groups is 2. The fourth-order valence-electron chi connectivity index (χ4n) is 3.78. The van der Waals surface area contributed by atoms with Crippen molar-refractivity contribution in [3.8, 4) is 5.75 Å². The topological polar surface area (TPSA) is 77.0 Å². The predicted molar refractivity (Wildman–Crippen MR) is 103 cm³/mol. The Kier molecular flexibility index (Phi) is 6.48. The number of ether oxygens (including phenoxy) is 2. The van der Waals surface area contributed by atoms with Crippen LogP contribution in [0.15, 0.2) is 29.3 Å². The maximum Gasteiger partial charge on any atom is 0.341 e. The summed E-state index contributed by atoms with van der Waals surface area (Å²) in [4.78, 5) is 29.0. The number of nitrogens with one attached hydrogen (secondary N) is 1. The van der Waals surface area contributed by atoms with E-state index in [1.165, 1.54) is 6.42 Å². The summed E-state index contributed by atoms with van der Waals surface area (Å²) in [6.45, 7) is 4.32. The first-order valence-electron chi connectivity index (χ1n) is 9.88. The number of para-hydroxylation sites is 1. The van der Waals surface area contributed by atoms with E-state index < -0.39 is 18.0 Å². The van der Waals surface area contributed by atoms with Gasteiger partial charge in [0, 0.05) is 11.3 Å². The number of urea groups is 1. The van der Waals surface area contributed by atoms with Crippen LogP contribution in [0.2, 0.25) is 0 Å². The molecule has 2 atom stereocenters. The van der Waals surface area contributed by atoms with Gasteiger partial charge in [-0.05, 0) is 45.1 Å². The number of rotatable bonds is 6. The van der Waals surface area contributed by atoms with Crippen LogP contribution in [0.4, 0.5) is 4.79 Å². The molecular formula is C21H28N2O4. The molecule has 1 fully saturated rings. The quantitative estimate of drug-likeness (QED) is 0.760. The van der Waals surface area contributed by atoms with E-state index in [4.69, 9.17) is 9.47 Å². The van der Waals surface area contributed by atoms with Gasteiger partial charge in [-0.1, -0.05) is 31.5 Å². The number of nitrogens with zero attached hydrogens (tertiary/aromatic N) is 1. The first-order chi connectivity index (χ1) is 13.1. The molecule has 6 nitrogen and oxygen atoms in total. The molecule has 0 bridgehead atoms. The Morgan fingerprint density at radius 3 is 2.70 bits per heavy atom. The molecule has 1 heterocycles. The van der Waals surface area contributed by atoms with Crippen molar-refractivity contribution in [1.82, 2.24) is 5.32 Å². The molecule has 1 aliphatic heterocycles. The van der Waals surface area contributed by atoms with Crippen LogP contribution >= 0.6 is 0 Å². The molecule has 1 N–H and O–H groups in total. The van der Waals surface area contributed by atoms with Crippen molar-refractivity contribution < 1.29 is 19.1 Å². The second kappa shape index (κ2) is 9.02. The predicted octanol–water partition coefficient (Wildman–Crippen LogP) is 4.19. The summed E-state index contributed by atoms with van der Waals surface area (Å²) in [5, 5.41) is 2.84. The number of aliphatic imine (C=N–C) groups is 1. The molecule has 1 aliphatic carbocycles. The van der Waals surface area contributed by atoms with Gasteiger partial charge in [0.15, 0.2) is 0 Å². The lowest BCUT2D eigenvalue weighted by molar-refractivity contribution is -0.154. The summed E-state index contributed by atoms with van der Waals surface area (Å²) in [5.74, 6) is -0.288. The van der Waals surface area contributed by atoms with Crippen molar-refractivity contribution in [2.45, 2.75) is 64.5 Å². The molecule has 0 spiro atoms. The summed E-state index contributed by atoms with van der Waals surface area (Å²) in [6.07, 6.45) is 6.01. The monoisotopic (exact) mass is 372 g/mol. The maximum atomic E-state index is 13.0. The van der Waals surface area contributed by atoms with Crippen LogP contribution < -0.4 is 10.1 Å². The summed E-state index contributed by atoms with van der Waals surface area (Å²) in [7, 11) is 0. The third kappa shape index (κ3) is 4.67. The third-order valence-electron chi connectivity index (χ3n) is 5.15. The molecule has 3 rings (SSSR count). The maximum absolute atomic E-state index is 13.0. The molecule has 146 valence electrons. The van der Waals surface area contributed by atoms with Crippen LogP contribution in [0.1, 0.15) is 64.0 Å². The number of esters is 1. The van der Waals surface area contributed by atoms with Gasteiger partial charge in [-0.15, -0.1) is 0 Å². The Bertz CT molecular complexity index is 710. The second-order valence-corrected chi connectivity index (χ2v) is 7.24. The van der Waals surface area contributed by atoms with Crippen LogP contribution in [0.25, 0.3) is 0 Å². The molecule has 1 saturated carbocycles. The minimum absolute atomic E-state index is 0.0380. The van der Waals surface area contributed by atoms with Gasteiger partial charge < -0.3 is 14.8 Å². The van der Waals surface area contributed by atoms with E-state index in [1.54, 1.807) is 6.92 Å². The molecule has 2 aliphatic rings. The van der Waals surface area contributed by atoms with Crippen molar-refractivity contribution in [3.05, 3.63) is 29.8 Å². The van der Waals surface area contributed by atoms with E-state index in [-0.39, 0.29) is 12.1 Å². The molecule has 6 heteroatoms. The van der Waals surface area contributed by atoms with E-state index in [0.29, 0.717) is 18.1 Å². The Labute approximate surface area is 160 Å². The standard InChI is InChI=1S/C21H28N2O4/c1-3-13-26-17-12-8-7-11-16(17)19-18(14(2)22-21(25)23-19)20(24)27-15-9-5-4-6-10-15/h7-8,11-12,15,18-19H,3-6,9-10,13H2,1-2H3,(H,23,25). The van der Waals surface area contributed by atoms with Crippen LogP contribution in [-0.2, 0) is 9.53 Å². The van der Waals surface area contributed by atoms with Crippen LogP contribution in [-0.4, -0.2) is 30.4 Å². The summed E-state index contributed by atoms with van der Waals surface area (Å²) in [5.41, 5.74) is 1.26. The Balaban J connectivity index is 1.86. The van der Waals surface area contributed by atoms with Crippen molar-refractivity contribution in [2.24, 2.45) is 10.9 Å². The van der Waals surface area contributed by atoms with E-state index in [0.717, 1.165) is 37.7 Å². The van der Waals surface area contributed by atoms with Crippen molar-refractivity contribution in [1.29, 1.82) is 0 Å². The van der Waals surface area contributed by atoms with Gasteiger partial charge in [0.2, 0.25) is 0 Å². The Hall–Kier alpha value is -2.37. The molecule has 2 amide bonds. The lowest BCUT2D eigenvalue weighted by atomic mass is 9.87. The molecule has 0 aromatic heterocycles. The first-order valence-corrected chi connectivity index (χ1v) is 9.88. The zero-order chi connectivity index (χ0) is 19.2. The first kappa shape index (κ1) is 19.4. The minimum Gasteiger partial charge on any atom is -0.493 e. The highest BCUT2D eigenvalue weighted by Gasteiger charge is 2.40. The zero-order valence-corrected chi connectivity index (χ0v) is 16.1. The largest absolute Gasteiger partial charge is 0.493 e. The molecule has 2 unspecified atom stereocenters. The van der Waals surface area contributed by atoms with Crippen molar-refractivity contribution >= 4 is 17.7 Å². The highest BCUT2D eigenvalue weighted by atomic mass is 16.5. The summed E-state index contributed by atoms with van der Waals surface area (Å²) >= 11 is 0. The highest BCUT2D eigenvalue weighted by Crippen LogP contribution is 2.34. The SMILES string of the molecule is CCCOc1ccccc1C1NC(=O)N=C(C)C1C(=O)OC1CCCCC1. The second-order valence-electron chi connectivity index (χ2n) is 7.24. The van der Waals surface area contributed by atoms with Crippen LogP contribution in [0.3, 0.4) is 0 Å². The van der Waals surface area contributed by atoms with Crippen molar-refractivity contribution in [3.63, 3.8) is 0 Å². The van der Waals surface area contributed by atoms with Gasteiger partial charge in [-0.2, -0.15) is 0 Å². The number of carbonyl (C=O) groups excluding carboxylic acids is 2. The van der Waals surface area contributed by atoms with Gasteiger partial charge >= 0.3 is 12.0 Å². The smallest absolute Gasteiger partial charge is 0.341 e. The molecule has 27 heavy (non-hydrogen) atoms. The Morgan fingerprint density at radius 1 is 1.22 bits per heavy atom.